The van der Waals surface area contributed by atoms with E-state index < -0.39 is 5.54 Å². The van der Waals surface area contributed by atoms with Gasteiger partial charge in [0.2, 0.25) is 0 Å². The monoisotopic (exact) mass is 388 g/mol. The van der Waals surface area contributed by atoms with Gasteiger partial charge in [-0.3, -0.25) is 0 Å². The molecule has 0 spiro atoms. The summed E-state index contributed by atoms with van der Waals surface area (Å²) in [5.74, 6) is 0. The number of nitrogens with zero attached hydrogens (tertiary/aromatic N) is 2. The predicted molar refractivity (Wildman–Crippen MR) is 105 cm³/mol. The van der Waals surface area contributed by atoms with Crippen LogP contribution in [0.5, 0.6) is 0 Å². The fourth-order valence-corrected chi connectivity index (χ4v) is 3.91. The van der Waals surface area contributed by atoms with Gasteiger partial charge in [0.25, 0.3) is 0 Å². The zero-order chi connectivity index (χ0) is 17.1. The average molecular weight is 389 g/mol. The minimum atomic E-state index is -0.549. The van der Waals surface area contributed by atoms with E-state index in [4.69, 9.17) is 0 Å². The van der Waals surface area contributed by atoms with Crippen molar-refractivity contribution in [3.63, 3.8) is 0 Å². The molecule has 0 saturated heterocycles. The van der Waals surface area contributed by atoms with Crippen LogP contribution in [0, 0.1) is 0 Å². The van der Waals surface area contributed by atoms with Crippen molar-refractivity contribution in [3.8, 4) is 0 Å². The minimum absolute atomic E-state index is 0.549. The van der Waals surface area contributed by atoms with E-state index in [9.17, 15) is 0 Å². The SMILES string of the molecule is Brc1ccnn1C(c1ccccc1)(c1ccccc1)c1ccccc1. The van der Waals surface area contributed by atoms with Crippen LogP contribution in [0.25, 0.3) is 0 Å². The van der Waals surface area contributed by atoms with Crippen molar-refractivity contribution in [2.24, 2.45) is 0 Å². The third kappa shape index (κ3) is 2.61. The molecule has 2 nitrogen and oxygen atoms in total. The van der Waals surface area contributed by atoms with Gasteiger partial charge >= 0.3 is 0 Å². The van der Waals surface area contributed by atoms with Gasteiger partial charge < -0.3 is 0 Å². The first kappa shape index (κ1) is 15.9. The molecule has 4 rings (SSSR count). The van der Waals surface area contributed by atoms with Gasteiger partial charge in [0.1, 0.15) is 10.1 Å². The van der Waals surface area contributed by atoms with E-state index in [1.807, 2.05) is 35.1 Å². The summed E-state index contributed by atoms with van der Waals surface area (Å²) in [7, 11) is 0. The lowest BCUT2D eigenvalue weighted by Crippen LogP contribution is -2.38. The molecule has 0 unspecified atom stereocenters. The van der Waals surface area contributed by atoms with Crippen LogP contribution in [0.1, 0.15) is 16.7 Å². The van der Waals surface area contributed by atoms with E-state index in [1.165, 1.54) is 0 Å². The van der Waals surface area contributed by atoms with Crippen LogP contribution < -0.4 is 0 Å². The lowest BCUT2D eigenvalue weighted by Gasteiger charge is -2.36. The molecule has 0 aliphatic carbocycles. The van der Waals surface area contributed by atoms with Gasteiger partial charge in [-0.25, -0.2) is 4.68 Å². The van der Waals surface area contributed by atoms with Gasteiger partial charge in [-0.05, 0) is 38.7 Å². The molecule has 0 aliphatic rings. The molecule has 3 heteroatoms. The molecular formula is C22H17BrN2. The molecule has 0 bridgehead atoms. The molecule has 25 heavy (non-hydrogen) atoms. The highest BCUT2D eigenvalue weighted by Gasteiger charge is 2.40. The van der Waals surface area contributed by atoms with Crippen LogP contribution in [-0.2, 0) is 5.54 Å². The summed E-state index contributed by atoms with van der Waals surface area (Å²) < 4.78 is 2.98. The van der Waals surface area contributed by atoms with Crippen molar-refractivity contribution < 1.29 is 0 Å². The molecule has 0 atom stereocenters. The first-order chi connectivity index (χ1) is 12.3. The molecule has 0 radical (unpaired) electrons. The quantitative estimate of drug-likeness (QED) is 0.423. The summed E-state index contributed by atoms with van der Waals surface area (Å²) in [5, 5.41) is 4.69. The summed E-state index contributed by atoms with van der Waals surface area (Å²) >= 11 is 3.69. The average Bonchev–Trinajstić information content (AvgIpc) is 3.12. The highest BCUT2D eigenvalue weighted by molar-refractivity contribution is 9.10. The van der Waals surface area contributed by atoms with Crippen molar-refractivity contribution in [3.05, 3.63) is 125 Å². The zero-order valence-electron chi connectivity index (χ0n) is 13.6. The van der Waals surface area contributed by atoms with E-state index in [2.05, 4.69) is 93.8 Å². The second kappa shape index (κ2) is 6.69. The molecule has 122 valence electrons. The molecule has 0 aliphatic heterocycles. The van der Waals surface area contributed by atoms with E-state index in [0.717, 1.165) is 21.3 Å². The minimum Gasteiger partial charge on any atom is -0.239 e. The third-order valence-electron chi connectivity index (χ3n) is 4.49. The maximum Gasteiger partial charge on any atom is 0.139 e. The van der Waals surface area contributed by atoms with Crippen molar-refractivity contribution in [1.82, 2.24) is 9.78 Å². The molecule has 1 aromatic heterocycles. The topological polar surface area (TPSA) is 17.8 Å². The van der Waals surface area contributed by atoms with E-state index >= 15 is 0 Å². The highest BCUT2D eigenvalue weighted by Crippen LogP contribution is 2.41. The van der Waals surface area contributed by atoms with Crippen LogP contribution in [0.3, 0.4) is 0 Å². The van der Waals surface area contributed by atoms with Gasteiger partial charge in [0, 0.05) is 0 Å². The van der Waals surface area contributed by atoms with Gasteiger partial charge in [0.05, 0.1) is 6.20 Å². The number of hydrogen-bond acceptors (Lipinski definition) is 1. The van der Waals surface area contributed by atoms with Crippen molar-refractivity contribution in [2.75, 3.05) is 0 Å². The maximum atomic E-state index is 4.69. The number of halogens is 1. The van der Waals surface area contributed by atoms with Crippen molar-refractivity contribution in [1.29, 1.82) is 0 Å². The zero-order valence-corrected chi connectivity index (χ0v) is 15.2. The first-order valence-electron chi connectivity index (χ1n) is 8.20. The van der Waals surface area contributed by atoms with Crippen molar-refractivity contribution >= 4 is 15.9 Å². The van der Waals surface area contributed by atoms with Gasteiger partial charge in [-0.2, -0.15) is 5.10 Å². The normalized spacial score (nSPS) is 11.4. The highest BCUT2D eigenvalue weighted by atomic mass is 79.9. The summed E-state index contributed by atoms with van der Waals surface area (Å²) in [6, 6.07) is 33.5. The molecule has 0 amide bonds. The second-order valence-electron chi connectivity index (χ2n) is 5.87. The summed E-state index contributed by atoms with van der Waals surface area (Å²) in [5.41, 5.74) is 2.94. The summed E-state index contributed by atoms with van der Waals surface area (Å²) in [4.78, 5) is 0. The van der Waals surface area contributed by atoms with E-state index in [-0.39, 0.29) is 0 Å². The fourth-order valence-electron chi connectivity index (χ4n) is 3.44. The Morgan fingerprint density at radius 1 is 0.600 bits per heavy atom. The Kier molecular flexibility index (Phi) is 4.24. The van der Waals surface area contributed by atoms with Gasteiger partial charge in [-0.1, -0.05) is 91.0 Å². The van der Waals surface area contributed by atoms with E-state index in [0.29, 0.717) is 0 Å². The van der Waals surface area contributed by atoms with Crippen LogP contribution in [0.2, 0.25) is 0 Å². The van der Waals surface area contributed by atoms with E-state index in [1.54, 1.807) is 0 Å². The Hall–Kier alpha value is -2.65. The first-order valence-corrected chi connectivity index (χ1v) is 8.99. The van der Waals surface area contributed by atoms with Gasteiger partial charge in [0.15, 0.2) is 0 Å². The molecular weight excluding hydrogens is 372 g/mol. The van der Waals surface area contributed by atoms with Crippen LogP contribution in [0.4, 0.5) is 0 Å². The maximum absolute atomic E-state index is 4.69. The molecule has 0 fully saturated rings. The molecule has 4 aromatic rings. The molecule has 0 saturated carbocycles. The summed E-state index contributed by atoms with van der Waals surface area (Å²) in [6.07, 6.45) is 1.83. The van der Waals surface area contributed by atoms with Crippen LogP contribution >= 0.6 is 15.9 Å². The Labute approximate surface area is 155 Å². The third-order valence-corrected chi connectivity index (χ3v) is 5.09. The fraction of sp³-hybridized carbons (Fsp3) is 0.0455. The molecule has 1 heterocycles. The Morgan fingerprint density at radius 2 is 1.00 bits per heavy atom. The lowest BCUT2D eigenvalue weighted by molar-refractivity contribution is 0.451. The summed E-state index contributed by atoms with van der Waals surface area (Å²) in [6.45, 7) is 0. The largest absolute Gasteiger partial charge is 0.239 e. The Bertz CT molecular complexity index is 850. The second-order valence-corrected chi connectivity index (χ2v) is 6.69. The Balaban J connectivity index is 2.15. The van der Waals surface area contributed by atoms with Gasteiger partial charge in [-0.15, -0.1) is 0 Å². The molecule has 3 aromatic carbocycles. The molecule has 0 N–H and O–H groups in total. The number of aromatic nitrogens is 2. The number of benzene rings is 3. The number of rotatable bonds is 4. The predicted octanol–water partition coefficient (Wildman–Crippen LogP) is 5.49. The van der Waals surface area contributed by atoms with Crippen LogP contribution in [-0.4, -0.2) is 9.78 Å². The lowest BCUT2D eigenvalue weighted by atomic mass is 9.77. The standard InChI is InChI=1S/C22H17BrN2/c23-21-16-17-24-25(21)22(18-10-4-1-5-11-18,19-12-6-2-7-13-19)20-14-8-3-9-15-20/h1-17H. The van der Waals surface area contributed by atoms with Crippen LogP contribution in [0.15, 0.2) is 108 Å². The Morgan fingerprint density at radius 3 is 1.32 bits per heavy atom. The van der Waals surface area contributed by atoms with Crippen molar-refractivity contribution in [2.45, 2.75) is 5.54 Å². The smallest absolute Gasteiger partial charge is 0.139 e. The number of hydrogen-bond donors (Lipinski definition) is 0.